The summed E-state index contributed by atoms with van der Waals surface area (Å²) in [4.78, 5) is 11.7. The average Bonchev–Trinajstić information content (AvgIpc) is 2.41. The van der Waals surface area contributed by atoms with Crippen LogP contribution in [0.25, 0.3) is 0 Å². The Morgan fingerprint density at radius 3 is 2.47 bits per heavy atom. The minimum atomic E-state index is -0.382. The molecule has 4 heteroatoms. The molecule has 0 spiro atoms. The summed E-state index contributed by atoms with van der Waals surface area (Å²) >= 11 is 0. The molecule has 2 N–H and O–H groups in total. The quantitative estimate of drug-likeness (QED) is 0.501. The van der Waals surface area contributed by atoms with Gasteiger partial charge in [0.05, 0.1) is 5.69 Å². The van der Waals surface area contributed by atoms with Crippen molar-refractivity contribution in [3.63, 3.8) is 0 Å². The van der Waals surface area contributed by atoms with Gasteiger partial charge in [-0.05, 0) is 36.4 Å². The first-order chi connectivity index (χ1) is 9.16. The van der Waals surface area contributed by atoms with Crippen molar-refractivity contribution in [3.8, 4) is 5.75 Å². The number of hydrogen-bond acceptors (Lipinski definition) is 3. The van der Waals surface area contributed by atoms with E-state index in [0.29, 0.717) is 11.3 Å². The topological polar surface area (TPSA) is 49.3 Å². The second-order valence-corrected chi connectivity index (χ2v) is 3.87. The Balaban J connectivity index is 2.01. The van der Waals surface area contributed by atoms with Crippen LogP contribution < -0.4 is 5.32 Å². The van der Waals surface area contributed by atoms with Gasteiger partial charge < -0.3 is 10.4 Å². The van der Waals surface area contributed by atoms with Crippen LogP contribution >= 0.6 is 0 Å². The molecular formula is C15H12FNO2. The SMILES string of the molecule is O=C(C=CNc1ccccc1O)c1ccc(F)cc1. The smallest absolute Gasteiger partial charge is 0.187 e. The molecule has 0 fully saturated rings. The summed E-state index contributed by atoms with van der Waals surface area (Å²) < 4.78 is 12.7. The van der Waals surface area contributed by atoms with Crippen molar-refractivity contribution in [2.75, 3.05) is 5.32 Å². The Labute approximate surface area is 110 Å². The molecule has 2 aromatic carbocycles. The van der Waals surface area contributed by atoms with Crippen LogP contribution in [-0.2, 0) is 0 Å². The molecule has 0 bridgehead atoms. The number of carbonyl (C=O) groups excluding carboxylic acids is 1. The molecule has 0 aromatic heterocycles. The number of allylic oxidation sites excluding steroid dienone is 1. The van der Waals surface area contributed by atoms with Gasteiger partial charge in [0.1, 0.15) is 11.6 Å². The molecule has 0 atom stereocenters. The van der Waals surface area contributed by atoms with Crippen LogP contribution in [0.1, 0.15) is 10.4 Å². The molecule has 0 amide bonds. The fraction of sp³-hybridized carbons (Fsp3) is 0. The maximum Gasteiger partial charge on any atom is 0.187 e. The molecular weight excluding hydrogens is 245 g/mol. The molecule has 0 saturated heterocycles. The van der Waals surface area contributed by atoms with E-state index < -0.39 is 0 Å². The zero-order valence-corrected chi connectivity index (χ0v) is 10.0. The van der Waals surface area contributed by atoms with E-state index in [0.717, 1.165) is 0 Å². The highest BCUT2D eigenvalue weighted by Crippen LogP contribution is 2.21. The molecule has 2 rings (SSSR count). The van der Waals surface area contributed by atoms with E-state index >= 15 is 0 Å². The summed E-state index contributed by atoms with van der Waals surface area (Å²) in [5.74, 6) is -0.530. The van der Waals surface area contributed by atoms with Crippen molar-refractivity contribution in [3.05, 3.63) is 72.2 Å². The Kier molecular flexibility index (Phi) is 3.93. The number of nitrogens with one attached hydrogen (secondary N) is 1. The number of anilines is 1. The van der Waals surface area contributed by atoms with Gasteiger partial charge in [0.2, 0.25) is 0 Å². The monoisotopic (exact) mass is 257 g/mol. The predicted octanol–water partition coefficient (Wildman–Crippen LogP) is 3.34. The third kappa shape index (κ3) is 3.42. The standard InChI is InChI=1S/C15H12FNO2/c16-12-7-5-11(6-8-12)14(18)9-10-17-13-3-1-2-4-15(13)19/h1-10,17,19H. The molecule has 0 heterocycles. The average molecular weight is 257 g/mol. The molecule has 0 aliphatic rings. The van der Waals surface area contributed by atoms with Gasteiger partial charge in [-0.25, -0.2) is 4.39 Å². The molecule has 0 radical (unpaired) electrons. The van der Waals surface area contributed by atoms with Gasteiger partial charge in [-0.3, -0.25) is 4.79 Å². The second kappa shape index (κ2) is 5.82. The number of phenolic OH excluding ortho intramolecular Hbond substituents is 1. The molecule has 0 aliphatic carbocycles. The lowest BCUT2D eigenvalue weighted by Gasteiger charge is -2.02. The lowest BCUT2D eigenvalue weighted by Crippen LogP contribution is -1.96. The van der Waals surface area contributed by atoms with Gasteiger partial charge >= 0.3 is 0 Å². The van der Waals surface area contributed by atoms with Crippen molar-refractivity contribution >= 4 is 11.5 Å². The second-order valence-electron chi connectivity index (χ2n) is 3.87. The third-order valence-electron chi connectivity index (χ3n) is 2.51. The fourth-order valence-electron chi connectivity index (χ4n) is 1.51. The molecule has 3 nitrogen and oxygen atoms in total. The Bertz CT molecular complexity index is 606. The van der Waals surface area contributed by atoms with E-state index in [1.165, 1.54) is 42.6 Å². The van der Waals surface area contributed by atoms with Crippen LogP contribution in [0.3, 0.4) is 0 Å². The van der Waals surface area contributed by atoms with Crippen molar-refractivity contribution in [1.82, 2.24) is 0 Å². The van der Waals surface area contributed by atoms with Crippen LogP contribution in [0.4, 0.5) is 10.1 Å². The zero-order valence-electron chi connectivity index (χ0n) is 10.0. The minimum Gasteiger partial charge on any atom is -0.506 e. The fourth-order valence-corrected chi connectivity index (χ4v) is 1.51. The van der Waals surface area contributed by atoms with Gasteiger partial charge in [-0.2, -0.15) is 0 Å². The summed E-state index contributed by atoms with van der Waals surface area (Å²) in [6.45, 7) is 0. The summed E-state index contributed by atoms with van der Waals surface area (Å²) in [5.41, 5.74) is 0.905. The first kappa shape index (κ1) is 12.8. The molecule has 19 heavy (non-hydrogen) atoms. The molecule has 96 valence electrons. The number of hydrogen-bond donors (Lipinski definition) is 2. The number of ketones is 1. The lowest BCUT2D eigenvalue weighted by molar-refractivity contribution is 0.104. The van der Waals surface area contributed by atoms with E-state index in [4.69, 9.17) is 0 Å². The summed E-state index contributed by atoms with van der Waals surface area (Å²) in [7, 11) is 0. The van der Waals surface area contributed by atoms with E-state index in [9.17, 15) is 14.3 Å². The highest BCUT2D eigenvalue weighted by molar-refractivity contribution is 6.04. The van der Waals surface area contributed by atoms with Crippen molar-refractivity contribution < 1.29 is 14.3 Å². The number of benzene rings is 2. The van der Waals surface area contributed by atoms with E-state index in [-0.39, 0.29) is 17.3 Å². The minimum absolute atomic E-state index is 0.0985. The van der Waals surface area contributed by atoms with Gasteiger partial charge in [0.15, 0.2) is 5.78 Å². The number of rotatable bonds is 4. The van der Waals surface area contributed by atoms with E-state index in [1.54, 1.807) is 18.2 Å². The van der Waals surface area contributed by atoms with Crippen molar-refractivity contribution in [2.24, 2.45) is 0 Å². The first-order valence-corrected chi connectivity index (χ1v) is 5.68. The highest BCUT2D eigenvalue weighted by atomic mass is 19.1. The normalized spacial score (nSPS) is 10.6. The third-order valence-corrected chi connectivity index (χ3v) is 2.51. The number of aromatic hydroxyl groups is 1. The lowest BCUT2D eigenvalue weighted by atomic mass is 10.1. The van der Waals surface area contributed by atoms with Crippen LogP contribution in [0.5, 0.6) is 5.75 Å². The Hall–Kier alpha value is -2.62. The van der Waals surface area contributed by atoms with Crippen LogP contribution in [0.15, 0.2) is 60.8 Å². The van der Waals surface area contributed by atoms with Crippen LogP contribution in [0.2, 0.25) is 0 Å². The van der Waals surface area contributed by atoms with E-state index in [2.05, 4.69) is 5.32 Å². The number of carbonyl (C=O) groups is 1. The highest BCUT2D eigenvalue weighted by Gasteiger charge is 2.01. The Morgan fingerprint density at radius 1 is 1.11 bits per heavy atom. The number of halogens is 1. The summed E-state index contributed by atoms with van der Waals surface area (Å²) in [6.07, 6.45) is 2.75. The molecule has 0 aliphatic heterocycles. The van der Waals surface area contributed by atoms with Crippen LogP contribution in [-0.4, -0.2) is 10.9 Å². The van der Waals surface area contributed by atoms with Crippen molar-refractivity contribution in [1.29, 1.82) is 0 Å². The van der Waals surface area contributed by atoms with E-state index in [1.807, 2.05) is 0 Å². The van der Waals surface area contributed by atoms with Gasteiger partial charge in [0, 0.05) is 17.8 Å². The van der Waals surface area contributed by atoms with Crippen LogP contribution in [0, 0.1) is 5.82 Å². The maximum atomic E-state index is 12.7. The largest absolute Gasteiger partial charge is 0.506 e. The zero-order chi connectivity index (χ0) is 13.7. The number of phenols is 1. The molecule has 2 aromatic rings. The Morgan fingerprint density at radius 2 is 1.79 bits per heavy atom. The van der Waals surface area contributed by atoms with Gasteiger partial charge in [-0.15, -0.1) is 0 Å². The van der Waals surface area contributed by atoms with Crippen molar-refractivity contribution in [2.45, 2.75) is 0 Å². The maximum absolute atomic E-state index is 12.7. The molecule has 0 unspecified atom stereocenters. The van der Waals surface area contributed by atoms with Gasteiger partial charge in [0.25, 0.3) is 0 Å². The van der Waals surface area contributed by atoms with Gasteiger partial charge in [-0.1, -0.05) is 12.1 Å². The molecule has 0 saturated carbocycles. The summed E-state index contributed by atoms with van der Waals surface area (Å²) in [6, 6.07) is 12.0. The number of para-hydroxylation sites is 2. The summed E-state index contributed by atoms with van der Waals surface area (Å²) in [5, 5.41) is 12.3. The first-order valence-electron chi connectivity index (χ1n) is 5.68. The predicted molar refractivity (Wildman–Crippen MR) is 71.6 cm³/mol.